The summed E-state index contributed by atoms with van der Waals surface area (Å²) in [5.41, 5.74) is -0.562. The lowest BCUT2D eigenvalue weighted by Gasteiger charge is -2.23. The number of carboxylic acid groups (broad SMARTS) is 1. The predicted molar refractivity (Wildman–Crippen MR) is 62.7 cm³/mol. The third kappa shape index (κ3) is 5.06. The summed E-state index contributed by atoms with van der Waals surface area (Å²) < 4.78 is 5.12. The van der Waals surface area contributed by atoms with Gasteiger partial charge in [-0.05, 0) is 39.0 Å². The van der Waals surface area contributed by atoms with Gasteiger partial charge in [-0.1, -0.05) is 6.92 Å². The Morgan fingerprint density at radius 1 is 1.47 bits per heavy atom. The fraction of sp³-hybridized carbons (Fsp3) is 0.833. The van der Waals surface area contributed by atoms with E-state index in [4.69, 9.17) is 9.84 Å². The molecule has 0 heterocycles. The van der Waals surface area contributed by atoms with Gasteiger partial charge in [0.1, 0.15) is 5.60 Å². The number of carboxylic acids is 1. The molecular weight excluding hydrogens is 222 g/mol. The second-order valence-electron chi connectivity index (χ2n) is 5.73. The molecule has 1 fully saturated rings. The van der Waals surface area contributed by atoms with E-state index in [1.54, 1.807) is 20.8 Å². The highest BCUT2D eigenvalue weighted by Gasteiger charge is 2.41. The fourth-order valence-electron chi connectivity index (χ4n) is 1.87. The van der Waals surface area contributed by atoms with Crippen LogP contribution in [-0.2, 0) is 9.53 Å². The molecule has 1 rings (SSSR count). The van der Waals surface area contributed by atoms with Crippen molar-refractivity contribution in [3.8, 4) is 0 Å². The molecule has 5 heteroatoms. The van der Waals surface area contributed by atoms with Gasteiger partial charge in [-0.15, -0.1) is 0 Å². The van der Waals surface area contributed by atoms with Gasteiger partial charge in [0.05, 0.1) is 6.42 Å². The minimum absolute atomic E-state index is 0.0474. The third-order valence-electron chi connectivity index (χ3n) is 2.79. The molecule has 0 spiro atoms. The maximum Gasteiger partial charge on any atom is 0.407 e. The quantitative estimate of drug-likeness (QED) is 0.792. The van der Waals surface area contributed by atoms with E-state index in [2.05, 4.69) is 12.2 Å². The van der Waals surface area contributed by atoms with Crippen molar-refractivity contribution in [1.29, 1.82) is 0 Å². The topological polar surface area (TPSA) is 75.6 Å². The summed E-state index contributed by atoms with van der Waals surface area (Å²) >= 11 is 0. The van der Waals surface area contributed by atoms with Crippen LogP contribution in [0.25, 0.3) is 0 Å². The Morgan fingerprint density at radius 3 is 2.35 bits per heavy atom. The average molecular weight is 243 g/mol. The number of carbonyl (C=O) groups is 2. The number of aliphatic carboxylic acids is 1. The number of ether oxygens (including phenoxy) is 1. The minimum Gasteiger partial charge on any atom is -0.481 e. The second kappa shape index (κ2) is 4.94. The predicted octanol–water partition coefficient (Wildman–Crippen LogP) is 2.01. The number of hydrogen-bond acceptors (Lipinski definition) is 3. The Hall–Kier alpha value is -1.26. The lowest BCUT2D eigenvalue weighted by molar-refractivity contribution is -0.137. The number of nitrogens with one attached hydrogen (secondary N) is 1. The Morgan fingerprint density at radius 2 is 2.00 bits per heavy atom. The molecule has 2 N–H and O–H groups in total. The van der Waals surface area contributed by atoms with E-state index in [9.17, 15) is 9.59 Å². The zero-order valence-electron chi connectivity index (χ0n) is 10.8. The van der Waals surface area contributed by atoms with E-state index >= 15 is 0 Å². The number of carbonyl (C=O) groups excluding carboxylic acids is 1. The standard InChI is InChI=1S/C12H21NO4/c1-7-5-8(7)9(6-10(14)15)13-11(16)17-12(2,3)4/h7-9H,5-6H2,1-4H3,(H,13,16)(H,14,15)/t7?,8?,9-/m0/s1. The maximum atomic E-state index is 11.6. The molecule has 2 unspecified atom stereocenters. The van der Waals surface area contributed by atoms with Crippen LogP contribution in [0.15, 0.2) is 0 Å². The first-order chi connectivity index (χ1) is 7.69. The van der Waals surface area contributed by atoms with Gasteiger partial charge in [-0.25, -0.2) is 4.79 Å². The zero-order chi connectivity index (χ0) is 13.2. The molecule has 1 aliphatic rings. The summed E-state index contributed by atoms with van der Waals surface area (Å²) in [5.74, 6) is -0.155. The van der Waals surface area contributed by atoms with Crippen LogP contribution in [0.3, 0.4) is 0 Å². The number of amides is 1. The van der Waals surface area contributed by atoms with Gasteiger partial charge in [0.2, 0.25) is 0 Å². The summed E-state index contributed by atoms with van der Waals surface area (Å²) in [7, 11) is 0. The first-order valence-corrected chi connectivity index (χ1v) is 5.90. The van der Waals surface area contributed by atoms with Gasteiger partial charge in [-0.2, -0.15) is 0 Å². The lowest BCUT2D eigenvalue weighted by atomic mass is 10.1. The van der Waals surface area contributed by atoms with Crippen molar-refractivity contribution in [3.63, 3.8) is 0 Å². The lowest BCUT2D eigenvalue weighted by Crippen LogP contribution is -2.41. The maximum absolute atomic E-state index is 11.6. The summed E-state index contributed by atoms with van der Waals surface area (Å²) in [6, 6.07) is -0.322. The van der Waals surface area contributed by atoms with Crippen LogP contribution in [0.5, 0.6) is 0 Å². The van der Waals surface area contributed by atoms with Crippen LogP contribution < -0.4 is 5.32 Å². The highest BCUT2D eigenvalue weighted by atomic mass is 16.6. The van der Waals surface area contributed by atoms with Crippen LogP contribution in [0.1, 0.15) is 40.5 Å². The largest absolute Gasteiger partial charge is 0.481 e. The van der Waals surface area contributed by atoms with Crippen LogP contribution in [0.2, 0.25) is 0 Å². The molecule has 0 aliphatic heterocycles. The SMILES string of the molecule is CC1CC1[C@H](CC(=O)O)NC(=O)OC(C)(C)C. The number of hydrogen-bond donors (Lipinski definition) is 2. The Labute approximate surface area is 102 Å². The smallest absolute Gasteiger partial charge is 0.407 e. The minimum atomic E-state index is -0.898. The van der Waals surface area contributed by atoms with Gasteiger partial charge in [0.15, 0.2) is 0 Å². The van der Waals surface area contributed by atoms with Crippen molar-refractivity contribution in [2.24, 2.45) is 11.8 Å². The number of alkyl carbamates (subject to hydrolysis) is 1. The van der Waals surface area contributed by atoms with E-state index in [1.165, 1.54) is 0 Å². The highest BCUT2D eigenvalue weighted by molar-refractivity contribution is 5.71. The van der Waals surface area contributed by atoms with E-state index < -0.39 is 17.7 Å². The molecule has 0 aromatic heterocycles. The molecule has 5 nitrogen and oxygen atoms in total. The number of rotatable bonds is 4. The normalized spacial score (nSPS) is 24.9. The summed E-state index contributed by atoms with van der Waals surface area (Å²) in [6.07, 6.45) is 0.380. The first kappa shape index (κ1) is 13.8. The molecule has 0 aromatic rings. The van der Waals surface area contributed by atoms with Crippen molar-refractivity contribution in [1.82, 2.24) is 5.32 Å². The fourth-order valence-corrected chi connectivity index (χ4v) is 1.87. The second-order valence-corrected chi connectivity index (χ2v) is 5.73. The molecule has 3 atom stereocenters. The molecule has 0 radical (unpaired) electrons. The molecule has 1 aliphatic carbocycles. The molecule has 98 valence electrons. The van der Waals surface area contributed by atoms with Crippen molar-refractivity contribution in [2.75, 3.05) is 0 Å². The van der Waals surface area contributed by atoms with Crippen molar-refractivity contribution < 1.29 is 19.4 Å². The third-order valence-corrected chi connectivity index (χ3v) is 2.79. The molecule has 0 aromatic carbocycles. The monoisotopic (exact) mass is 243 g/mol. The van der Waals surface area contributed by atoms with Gasteiger partial charge < -0.3 is 15.2 Å². The van der Waals surface area contributed by atoms with Crippen LogP contribution >= 0.6 is 0 Å². The van der Waals surface area contributed by atoms with Gasteiger partial charge in [0.25, 0.3) is 0 Å². The van der Waals surface area contributed by atoms with Crippen molar-refractivity contribution >= 4 is 12.1 Å². The molecule has 1 amide bonds. The Kier molecular flexibility index (Phi) is 4.01. The van der Waals surface area contributed by atoms with E-state index in [-0.39, 0.29) is 18.4 Å². The van der Waals surface area contributed by atoms with Crippen molar-refractivity contribution in [2.45, 2.75) is 52.2 Å². The molecular formula is C12H21NO4. The zero-order valence-corrected chi connectivity index (χ0v) is 10.8. The Bertz CT molecular complexity index is 308. The average Bonchev–Trinajstić information content (AvgIpc) is 2.76. The highest BCUT2D eigenvalue weighted by Crippen LogP contribution is 2.41. The molecule has 0 bridgehead atoms. The van der Waals surface area contributed by atoms with Crippen molar-refractivity contribution in [3.05, 3.63) is 0 Å². The van der Waals surface area contributed by atoms with Crippen LogP contribution in [-0.4, -0.2) is 28.8 Å². The van der Waals surface area contributed by atoms with E-state index in [1.807, 2.05) is 0 Å². The van der Waals surface area contributed by atoms with Crippen LogP contribution in [0.4, 0.5) is 4.79 Å². The Balaban J connectivity index is 2.49. The van der Waals surface area contributed by atoms with Gasteiger partial charge in [-0.3, -0.25) is 4.79 Å². The summed E-state index contributed by atoms with van der Waals surface area (Å²) in [4.78, 5) is 22.3. The molecule has 1 saturated carbocycles. The first-order valence-electron chi connectivity index (χ1n) is 5.90. The summed E-state index contributed by atoms with van der Waals surface area (Å²) in [5, 5.41) is 11.5. The van der Waals surface area contributed by atoms with E-state index in [0.29, 0.717) is 5.92 Å². The molecule has 17 heavy (non-hydrogen) atoms. The summed E-state index contributed by atoms with van der Waals surface area (Å²) in [6.45, 7) is 7.38. The molecule has 0 saturated heterocycles. The van der Waals surface area contributed by atoms with Gasteiger partial charge in [0, 0.05) is 6.04 Å². The van der Waals surface area contributed by atoms with Gasteiger partial charge >= 0.3 is 12.1 Å². The van der Waals surface area contributed by atoms with Crippen LogP contribution in [0, 0.1) is 11.8 Å². The van der Waals surface area contributed by atoms with E-state index in [0.717, 1.165) is 6.42 Å².